The fraction of sp³-hybridized carbons (Fsp3) is 0.441. The fourth-order valence-corrected chi connectivity index (χ4v) is 5.92. The second-order valence-electron chi connectivity index (χ2n) is 12.1. The number of halogens is 1. The number of rotatable bonds is 10. The molecular formula is C34H43IN4O4. The van der Waals surface area contributed by atoms with E-state index in [1.54, 1.807) is 0 Å². The summed E-state index contributed by atoms with van der Waals surface area (Å²) in [6.45, 7) is 9.46. The maximum Gasteiger partial charge on any atom is 0.407 e. The van der Waals surface area contributed by atoms with Gasteiger partial charge in [-0.25, -0.2) is 4.79 Å². The normalized spacial score (nSPS) is 18.2. The van der Waals surface area contributed by atoms with Crippen LogP contribution >= 0.6 is 22.6 Å². The van der Waals surface area contributed by atoms with Crippen LogP contribution in [0.25, 0.3) is 10.8 Å². The van der Waals surface area contributed by atoms with Gasteiger partial charge in [-0.15, -0.1) is 0 Å². The van der Waals surface area contributed by atoms with Crippen molar-refractivity contribution in [2.75, 3.05) is 26.2 Å². The number of amides is 3. The minimum atomic E-state index is -0.600. The number of hydrogen-bond donors (Lipinski definition) is 3. The molecule has 0 radical (unpaired) electrons. The van der Waals surface area contributed by atoms with Crippen LogP contribution in [0.15, 0.2) is 66.7 Å². The van der Waals surface area contributed by atoms with Crippen molar-refractivity contribution in [2.45, 2.75) is 70.6 Å². The van der Waals surface area contributed by atoms with E-state index < -0.39 is 17.7 Å². The molecule has 3 amide bonds. The summed E-state index contributed by atoms with van der Waals surface area (Å²) in [5.74, 6) is 0.0874. The molecule has 1 aliphatic heterocycles. The highest BCUT2D eigenvalue weighted by Gasteiger charge is 2.32. The van der Waals surface area contributed by atoms with Gasteiger partial charge in [0.25, 0.3) is 5.91 Å². The Labute approximate surface area is 268 Å². The van der Waals surface area contributed by atoms with E-state index in [1.807, 2.05) is 74.2 Å². The first kappa shape index (κ1) is 32.7. The number of carbonyl (C=O) groups excluding carboxylic acids is 3. The largest absolute Gasteiger partial charge is 0.444 e. The molecule has 230 valence electrons. The topological polar surface area (TPSA) is 99.8 Å². The molecule has 0 unspecified atom stereocenters. The summed E-state index contributed by atoms with van der Waals surface area (Å²) in [4.78, 5) is 41.1. The molecule has 3 N–H and O–H groups in total. The van der Waals surface area contributed by atoms with Gasteiger partial charge in [0.15, 0.2) is 0 Å². The van der Waals surface area contributed by atoms with E-state index in [-0.39, 0.29) is 30.3 Å². The molecule has 1 aliphatic rings. The van der Waals surface area contributed by atoms with E-state index in [0.29, 0.717) is 38.0 Å². The highest BCUT2D eigenvalue weighted by Crippen LogP contribution is 2.23. The highest BCUT2D eigenvalue weighted by atomic mass is 127. The van der Waals surface area contributed by atoms with Crippen LogP contribution in [0, 0.1) is 3.57 Å². The smallest absolute Gasteiger partial charge is 0.407 e. The van der Waals surface area contributed by atoms with E-state index in [9.17, 15) is 14.4 Å². The van der Waals surface area contributed by atoms with Crippen LogP contribution in [-0.2, 0) is 9.53 Å². The molecule has 3 aromatic rings. The maximum atomic E-state index is 13.8. The molecule has 1 fully saturated rings. The Bertz CT molecular complexity index is 1410. The summed E-state index contributed by atoms with van der Waals surface area (Å²) in [7, 11) is 0. The molecule has 9 heteroatoms. The molecule has 8 nitrogen and oxygen atoms in total. The minimum absolute atomic E-state index is 0.0124. The van der Waals surface area contributed by atoms with Crippen LogP contribution in [0.4, 0.5) is 4.79 Å². The Balaban J connectivity index is 1.43. The number of carbonyl (C=O) groups is 3. The number of alkyl carbamates (subject to hydrolysis) is 1. The lowest BCUT2D eigenvalue weighted by Crippen LogP contribution is -2.50. The van der Waals surface area contributed by atoms with E-state index in [1.165, 1.54) is 5.56 Å². The Morgan fingerprint density at radius 3 is 2.49 bits per heavy atom. The van der Waals surface area contributed by atoms with Crippen molar-refractivity contribution in [1.29, 1.82) is 0 Å². The first-order chi connectivity index (χ1) is 20.5. The minimum Gasteiger partial charge on any atom is -0.444 e. The van der Waals surface area contributed by atoms with Gasteiger partial charge in [0.05, 0.1) is 6.04 Å². The fourth-order valence-electron chi connectivity index (χ4n) is 5.40. The lowest BCUT2D eigenvalue weighted by molar-refractivity contribution is -0.133. The van der Waals surface area contributed by atoms with Crippen LogP contribution in [0.1, 0.15) is 68.8 Å². The predicted octanol–water partition coefficient (Wildman–Crippen LogP) is 5.84. The SMILES string of the molecule is CC[C@H](CN1CC[C@@H](CNC(=O)c2ccc3cc(I)ccc3c2)N[C@@H](CCNC(=O)OC(C)(C)C)C1=O)c1ccccc1. The summed E-state index contributed by atoms with van der Waals surface area (Å²) < 4.78 is 6.51. The number of ether oxygens (including phenoxy) is 1. The molecule has 0 saturated carbocycles. The van der Waals surface area contributed by atoms with Crippen LogP contribution in [0.2, 0.25) is 0 Å². The van der Waals surface area contributed by atoms with Crippen LogP contribution in [-0.4, -0.2) is 66.7 Å². The van der Waals surface area contributed by atoms with E-state index in [4.69, 9.17) is 4.74 Å². The van der Waals surface area contributed by atoms with E-state index in [0.717, 1.165) is 20.8 Å². The van der Waals surface area contributed by atoms with Crippen LogP contribution < -0.4 is 16.0 Å². The Kier molecular flexibility index (Phi) is 11.4. The zero-order valence-electron chi connectivity index (χ0n) is 25.5. The number of nitrogens with zero attached hydrogens (tertiary/aromatic N) is 1. The van der Waals surface area contributed by atoms with E-state index in [2.05, 4.69) is 63.7 Å². The van der Waals surface area contributed by atoms with Gasteiger partial charge in [0.1, 0.15) is 5.60 Å². The molecule has 3 aromatic carbocycles. The molecule has 0 spiro atoms. The van der Waals surface area contributed by atoms with Gasteiger partial charge >= 0.3 is 6.09 Å². The second-order valence-corrected chi connectivity index (χ2v) is 13.4. The third-order valence-electron chi connectivity index (χ3n) is 7.67. The van der Waals surface area contributed by atoms with Gasteiger partial charge in [-0.1, -0.05) is 49.4 Å². The van der Waals surface area contributed by atoms with Crippen molar-refractivity contribution in [1.82, 2.24) is 20.9 Å². The van der Waals surface area contributed by atoms with Gasteiger partial charge < -0.3 is 25.6 Å². The molecule has 0 bridgehead atoms. The monoisotopic (exact) mass is 698 g/mol. The van der Waals surface area contributed by atoms with Crippen molar-refractivity contribution in [2.24, 2.45) is 0 Å². The molecule has 43 heavy (non-hydrogen) atoms. The Hall–Kier alpha value is -3.18. The molecule has 0 aliphatic carbocycles. The van der Waals surface area contributed by atoms with Gasteiger partial charge in [-0.05, 0) is 103 Å². The summed E-state index contributed by atoms with van der Waals surface area (Å²) in [6, 6.07) is 21.6. The number of fused-ring (bicyclic) bond motifs is 1. The summed E-state index contributed by atoms with van der Waals surface area (Å²) in [6.07, 6.45) is 1.51. The van der Waals surface area contributed by atoms with Crippen molar-refractivity contribution in [3.05, 3.63) is 81.4 Å². The number of hydrogen-bond acceptors (Lipinski definition) is 5. The first-order valence-corrected chi connectivity index (χ1v) is 16.1. The molecule has 0 aromatic heterocycles. The zero-order chi connectivity index (χ0) is 31.0. The van der Waals surface area contributed by atoms with Crippen LogP contribution in [0.5, 0.6) is 0 Å². The third-order valence-corrected chi connectivity index (χ3v) is 8.34. The standard InChI is InChI=1S/C34H43IN4O4/c1-5-23(24-9-7-6-8-10-24)22-39-18-16-29(38-30(32(39)41)15-17-36-33(42)43-34(2,3)4)21-37-31(40)27-12-11-26-20-28(35)14-13-25(26)19-27/h6-14,19-20,23,29-30,38H,5,15-18,21-22H2,1-4H3,(H,36,42)(H,37,40)/t23-,29+,30+/m1/s1. The summed E-state index contributed by atoms with van der Waals surface area (Å²) in [5, 5.41) is 11.5. The van der Waals surface area contributed by atoms with Crippen LogP contribution in [0.3, 0.4) is 0 Å². The summed E-state index contributed by atoms with van der Waals surface area (Å²) >= 11 is 2.28. The second kappa shape index (κ2) is 15.0. The van der Waals surface area contributed by atoms with Crippen molar-refractivity contribution >= 4 is 51.3 Å². The number of nitrogens with one attached hydrogen (secondary N) is 3. The van der Waals surface area contributed by atoms with Gasteiger partial charge in [-0.2, -0.15) is 0 Å². The highest BCUT2D eigenvalue weighted by molar-refractivity contribution is 14.1. The molecular weight excluding hydrogens is 655 g/mol. The molecule has 3 atom stereocenters. The zero-order valence-corrected chi connectivity index (χ0v) is 27.6. The lowest BCUT2D eigenvalue weighted by atomic mass is 9.95. The maximum absolute atomic E-state index is 13.8. The predicted molar refractivity (Wildman–Crippen MR) is 179 cm³/mol. The average Bonchev–Trinajstić information content (AvgIpc) is 3.12. The Morgan fingerprint density at radius 2 is 1.77 bits per heavy atom. The van der Waals surface area contributed by atoms with E-state index >= 15 is 0 Å². The van der Waals surface area contributed by atoms with Gasteiger partial charge in [0.2, 0.25) is 5.91 Å². The first-order valence-electron chi connectivity index (χ1n) is 15.1. The lowest BCUT2D eigenvalue weighted by Gasteiger charge is -2.28. The Morgan fingerprint density at radius 1 is 1.05 bits per heavy atom. The van der Waals surface area contributed by atoms with Gasteiger partial charge in [0, 0.05) is 47.3 Å². The molecule has 1 heterocycles. The quantitative estimate of drug-likeness (QED) is 0.231. The van der Waals surface area contributed by atoms with Crippen molar-refractivity contribution < 1.29 is 19.1 Å². The van der Waals surface area contributed by atoms with Crippen molar-refractivity contribution in [3.63, 3.8) is 0 Å². The third kappa shape index (κ3) is 9.66. The number of benzene rings is 3. The van der Waals surface area contributed by atoms with Crippen molar-refractivity contribution in [3.8, 4) is 0 Å². The molecule has 1 saturated heterocycles. The average molecular weight is 699 g/mol. The van der Waals surface area contributed by atoms with Gasteiger partial charge in [-0.3, -0.25) is 9.59 Å². The summed E-state index contributed by atoms with van der Waals surface area (Å²) in [5.41, 5.74) is 1.22. The molecule has 4 rings (SSSR count).